The number of nitrogens with two attached hydrogens (primary N) is 1. The van der Waals surface area contributed by atoms with Crippen molar-refractivity contribution < 1.29 is 9.59 Å². The highest BCUT2D eigenvalue weighted by Gasteiger charge is 2.27. The highest BCUT2D eigenvalue weighted by Crippen LogP contribution is 2.21. The van der Waals surface area contributed by atoms with Gasteiger partial charge in [-0.3, -0.25) is 9.59 Å². The van der Waals surface area contributed by atoms with Crippen molar-refractivity contribution in [2.45, 2.75) is 13.8 Å². The maximum atomic E-state index is 12.3. The lowest BCUT2D eigenvalue weighted by molar-refractivity contribution is 0.0847. The summed E-state index contributed by atoms with van der Waals surface area (Å²) in [6.45, 7) is 3.90. The van der Waals surface area contributed by atoms with Crippen LogP contribution in [0.1, 0.15) is 34.6 Å². The van der Waals surface area contributed by atoms with Gasteiger partial charge < -0.3 is 5.73 Å². The van der Waals surface area contributed by atoms with E-state index in [4.69, 9.17) is 5.73 Å². The number of allylic oxidation sites excluding steroid dienone is 4. The molecule has 1 aromatic rings. The molecule has 3 heteroatoms. The van der Waals surface area contributed by atoms with Crippen molar-refractivity contribution in [3.05, 3.63) is 70.7 Å². The summed E-state index contributed by atoms with van der Waals surface area (Å²) in [4.78, 5) is 24.5. The molecule has 2 rings (SSSR count). The maximum absolute atomic E-state index is 12.3. The summed E-state index contributed by atoms with van der Waals surface area (Å²) in [6.07, 6.45) is 4.93. The van der Waals surface area contributed by atoms with Crippen molar-refractivity contribution in [2.24, 2.45) is 11.1 Å². The third-order valence-electron chi connectivity index (χ3n) is 3.45. The number of hydrogen-bond acceptors (Lipinski definition) is 3. The van der Waals surface area contributed by atoms with E-state index in [1.165, 1.54) is 0 Å². The van der Waals surface area contributed by atoms with Gasteiger partial charge in [0.25, 0.3) is 0 Å². The minimum absolute atomic E-state index is 0.0216. The van der Waals surface area contributed by atoms with Crippen molar-refractivity contribution in [1.29, 1.82) is 0 Å². The summed E-state index contributed by atoms with van der Waals surface area (Å²) in [5, 5.41) is 0. The van der Waals surface area contributed by atoms with E-state index in [2.05, 4.69) is 11.5 Å². The maximum Gasteiger partial charge on any atom is 0.193 e. The summed E-state index contributed by atoms with van der Waals surface area (Å²) in [7, 11) is 0. The smallest absolute Gasteiger partial charge is 0.193 e. The van der Waals surface area contributed by atoms with Crippen LogP contribution in [0.25, 0.3) is 0 Å². The third kappa shape index (κ3) is 3.18. The zero-order valence-electron chi connectivity index (χ0n) is 12.1. The molecule has 21 heavy (non-hydrogen) atoms. The molecular weight excluding hydrogens is 262 g/mol. The van der Waals surface area contributed by atoms with Crippen LogP contribution in [0, 0.1) is 5.41 Å². The van der Waals surface area contributed by atoms with E-state index < -0.39 is 5.41 Å². The molecule has 0 unspecified atom stereocenters. The van der Waals surface area contributed by atoms with E-state index in [-0.39, 0.29) is 18.1 Å². The number of carbonyl (C=O) groups excluding carboxylic acids is 2. The fraction of sp³-hybridized carbons (Fsp3) is 0.222. The first-order chi connectivity index (χ1) is 9.95. The molecule has 0 radical (unpaired) electrons. The molecule has 0 saturated heterocycles. The molecule has 1 aliphatic carbocycles. The second kappa shape index (κ2) is 5.90. The lowest BCUT2D eigenvalue weighted by Gasteiger charge is -2.20. The van der Waals surface area contributed by atoms with Crippen molar-refractivity contribution >= 4 is 11.6 Å². The highest BCUT2D eigenvalue weighted by atomic mass is 16.1. The second-order valence-electron chi connectivity index (χ2n) is 5.55. The molecule has 2 N–H and O–H groups in total. The monoisotopic (exact) mass is 279 g/mol. The first kappa shape index (κ1) is 15.0. The van der Waals surface area contributed by atoms with Gasteiger partial charge in [-0.1, -0.05) is 49.6 Å². The molecule has 0 fully saturated rings. The van der Waals surface area contributed by atoms with E-state index >= 15 is 0 Å². The Morgan fingerprint density at radius 1 is 1.10 bits per heavy atom. The molecule has 3 nitrogen and oxygen atoms in total. The van der Waals surface area contributed by atoms with E-state index in [0.717, 1.165) is 0 Å². The van der Waals surface area contributed by atoms with Crippen LogP contribution >= 0.6 is 0 Å². The fourth-order valence-corrected chi connectivity index (χ4v) is 1.91. The van der Waals surface area contributed by atoms with Gasteiger partial charge in [0.15, 0.2) is 11.6 Å². The Morgan fingerprint density at radius 2 is 1.71 bits per heavy atom. The predicted octanol–water partition coefficient (Wildman–Crippen LogP) is 2.84. The molecule has 0 spiro atoms. The van der Waals surface area contributed by atoms with Crippen molar-refractivity contribution in [2.75, 3.05) is 6.54 Å². The number of benzene rings is 1. The van der Waals surface area contributed by atoms with Crippen molar-refractivity contribution in [3.8, 4) is 0 Å². The number of rotatable bonds is 5. The van der Waals surface area contributed by atoms with E-state index in [9.17, 15) is 9.59 Å². The number of carbonyl (C=O) groups is 2. The molecule has 1 aliphatic rings. The fourth-order valence-electron chi connectivity index (χ4n) is 1.91. The Morgan fingerprint density at radius 3 is 2.24 bits per heavy atom. The van der Waals surface area contributed by atoms with Crippen molar-refractivity contribution in [3.63, 3.8) is 0 Å². The molecule has 0 aliphatic heterocycles. The van der Waals surface area contributed by atoms with Crippen LogP contribution in [0.5, 0.6) is 0 Å². The first-order valence-electron chi connectivity index (χ1n) is 6.73. The lowest BCUT2D eigenvalue weighted by Crippen LogP contribution is -2.32. The standard InChI is InChI=1S/C18H17NO2/c1-18(2,12-19)17(21)15-10-8-14(9-11-15)16(20)13-6-4-3-5-7-13/h4,6-11H,12,19H2,1-2H3. The normalized spacial score (nSPS) is 13.2. The summed E-state index contributed by atoms with van der Waals surface area (Å²) in [5.41, 5.74) is 12.2. The van der Waals surface area contributed by atoms with Crippen LogP contribution in [0.2, 0.25) is 0 Å². The summed E-state index contributed by atoms with van der Waals surface area (Å²) < 4.78 is 0. The van der Waals surface area contributed by atoms with E-state index in [0.29, 0.717) is 16.7 Å². The van der Waals surface area contributed by atoms with Gasteiger partial charge in [0.2, 0.25) is 0 Å². The van der Waals surface area contributed by atoms with Gasteiger partial charge >= 0.3 is 0 Å². The molecule has 0 heterocycles. The predicted molar refractivity (Wildman–Crippen MR) is 82.2 cm³/mol. The molecule has 0 amide bonds. The Bertz CT molecular complexity index is 708. The zero-order chi connectivity index (χ0) is 15.5. The molecule has 106 valence electrons. The first-order valence-corrected chi connectivity index (χ1v) is 6.73. The van der Waals surface area contributed by atoms with Gasteiger partial charge in [-0.2, -0.15) is 0 Å². The Labute approximate surface area is 124 Å². The quantitative estimate of drug-likeness (QED) is 0.666. The van der Waals surface area contributed by atoms with Crippen LogP contribution in [0.4, 0.5) is 0 Å². The van der Waals surface area contributed by atoms with Gasteiger partial charge in [-0.15, -0.1) is 0 Å². The Kier molecular flexibility index (Phi) is 4.21. The van der Waals surface area contributed by atoms with E-state index in [1.807, 2.05) is 13.8 Å². The molecule has 0 aromatic heterocycles. The summed E-state index contributed by atoms with van der Waals surface area (Å²) in [6, 6.07) is 6.68. The van der Waals surface area contributed by atoms with Gasteiger partial charge in [-0.05, 0) is 18.2 Å². The topological polar surface area (TPSA) is 60.2 Å². The Hall–Kier alpha value is -2.44. The summed E-state index contributed by atoms with van der Waals surface area (Å²) in [5.74, 6) is -0.121. The van der Waals surface area contributed by atoms with Crippen LogP contribution in [0.3, 0.4) is 0 Å². The number of hydrogen-bond donors (Lipinski definition) is 1. The minimum Gasteiger partial charge on any atom is -0.329 e. The molecule has 1 aromatic carbocycles. The lowest BCUT2D eigenvalue weighted by atomic mass is 9.84. The van der Waals surface area contributed by atoms with Crippen LogP contribution < -0.4 is 5.73 Å². The highest BCUT2D eigenvalue weighted by molar-refractivity contribution is 6.11. The van der Waals surface area contributed by atoms with Crippen LogP contribution in [-0.4, -0.2) is 18.1 Å². The Balaban J connectivity index is 2.22. The minimum atomic E-state index is -0.601. The zero-order valence-corrected chi connectivity index (χ0v) is 12.1. The van der Waals surface area contributed by atoms with Gasteiger partial charge in [0.05, 0.1) is 0 Å². The molecule has 0 atom stereocenters. The molecule has 0 bridgehead atoms. The second-order valence-corrected chi connectivity index (χ2v) is 5.55. The van der Waals surface area contributed by atoms with E-state index in [1.54, 1.807) is 42.5 Å². The van der Waals surface area contributed by atoms with Gasteiger partial charge in [0, 0.05) is 28.7 Å². The summed E-state index contributed by atoms with van der Waals surface area (Å²) >= 11 is 0. The van der Waals surface area contributed by atoms with Crippen molar-refractivity contribution in [1.82, 2.24) is 0 Å². The molecule has 0 saturated carbocycles. The molecular formula is C18H17NO2. The SMILES string of the molecule is CC(C)(CN)C(=O)c1ccc(C(=O)C2=CC=C=C=C2)cc1. The average Bonchev–Trinajstić information content (AvgIpc) is 2.54. The number of ketones is 2. The largest absolute Gasteiger partial charge is 0.329 e. The van der Waals surface area contributed by atoms with Gasteiger partial charge in [-0.25, -0.2) is 0 Å². The average molecular weight is 279 g/mol. The van der Waals surface area contributed by atoms with Gasteiger partial charge in [0.1, 0.15) is 0 Å². The number of Topliss-reactive ketones (excluding diaryl/α,β-unsaturated/α-hetero) is 2. The third-order valence-corrected chi connectivity index (χ3v) is 3.45. The van der Waals surface area contributed by atoms with Crippen LogP contribution in [0.15, 0.2) is 59.5 Å². The van der Waals surface area contributed by atoms with Crippen LogP contribution in [-0.2, 0) is 0 Å².